The molecule has 0 radical (unpaired) electrons. The van der Waals surface area contributed by atoms with Gasteiger partial charge in [0.05, 0.1) is 0 Å². The van der Waals surface area contributed by atoms with Gasteiger partial charge >= 0.3 is 0 Å². The summed E-state index contributed by atoms with van der Waals surface area (Å²) in [5, 5.41) is 4.94. The molecule has 1 aromatic heterocycles. The third-order valence-corrected chi connectivity index (χ3v) is 3.65. The molecule has 0 unspecified atom stereocenters. The number of benzene rings is 1. The smallest absolute Gasteiger partial charge is 0.0486 e. The zero-order valence-corrected chi connectivity index (χ0v) is 13.2. The van der Waals surface area contributed by atoms with E-state index in [-0.39, 0.29) is 0 Å². The Labute approximate surface area is 122 Å². The van der Waals surface area contributed by atoms with Crippen LogP contribution in [0.3, 0.4) is 0 Å². The number of hydrogen-bond donors (Lipinski definition) is 1. The second kappa shape index (κ2) is 6.91. The van der Waals surface area contributed by atoms with Crippen molar-refractivity contribution in [3.05, 3.63) is 36.0 Å². The minimum atomic E-state index is 0.502. The number of nitrogens with one attached hydrogen (secondary N) is 1. The Kier molecular flexibility index (Phi) is 5.21. The van der Waals surface area contributed by atoms with Crippen molar-refractivity contribution < 1.29 is 0 Å². The monoisotopic (exact) mass is 273 g/mol. The normalized spacial score (nSPS) is 11.9. The highest BCUT2D eigenvalue weighted by Crippen LogP contribution is 2.24. The molecule has 0 fully saturated rings. The Bertz CT molecular complexity index is 540. The molecule has 0 saturated carbocycles. The van der Waals surface area contributed by atoms with Crippen LogP contribution in [-0.4, -0.2) is 36.7 Å². The van der Waals surface area contributed by atoms with Crippen LogP contribution in [-0.2, 0) is 6.54 Å². The molecule has 1 heterocycles. The van der Waals surface area contributed by atoms with Gasteiger partial charge in [-0.25, -0.2) is 0 Å². The molecule has 0 aliphatic carbocycles. The maximum Gasteiger partial charge on any atom is 0.0486 e. The molecule has 1 aromatic carbocycles. The summed E-state index contributed by atoms with van der Waals surface area (Å²) in [6, 6.07) is 9.19. The van der Waals surface area contributed by atoms with E-state index in [1.165, 1.54) is 22.9 Å². The number of fused-ring (bicyclic) bond motifs is 1. The van der Waals surface area contributed by atoms with Crippen LogP contribution in [0.2, 0.25) is 0 Å². The molecule has 0 amide bonds. The van der Waals surface area contributed by atoms with Crippen molar-refractivity contribution in [2.24, 2.45) is 0 Å². The first-order valence-corrected chi connectivity index (χ1v) is 7.53. The van der Waals surface area contributed by atoms with Gasteiger partial charge in [-0.15, -0.1) is 0 Å². The summed E-state index contributed by atoms with van der Waals surface area (Å²) in [6.07, 6.45) is 3.49. The molecular formula is C17H27N3. The Balaban J connectivity index is 2.03. The van der Waals surface area contributed by atoms with Crippen molar-refractivity contribution in [3.63, 3.8) is 0 Å². The quantitative estimate of drug-likeness (QED) is 0.781. The molecule has 0 aliphatic heterocycles. The largest absolute Gasteiger partial charge is 0.345 e. The van der Waals surface area contributed by atoms with Crippen molar-refractivity contribution in [3.8, 4) is 0 Å². The first kappa shape index (κ1) is 15.1. The van der Waals surface area contributed by atoms with Crippen LogP contribution in [0.15, 0.2) is 30.5 Å². The van der Waals surface area contributed by atoms with Gasteiger partial charge in [-0.05, 0) is 59.1 Å². The molecule has 3 nitrogen and oxygen atoms in total. The van der Waals surface area contributed by atoms with Crippen LogP contribution in [0.25, 0.3) is 10.9 Å². The fourth-order valence-corrected chi connectivity index (χ4v) is 2.59. The molecule has 1 N–H and O–H groups in total. The van der Waals surface area contributed by atoms with E-state index in [0.717, 1.165) is 19.6 Å². The van der Waals surface area contributed by atoms with E-state index in [2.05, 4.69) is 73.2 Å². The predicted octanol–water partition coefficient (Wildman–Crippen LogP) is 3.26. The van der Waals surface area contributed by atoms with Gasteiger partial charge in [0.2, 0.25) is 0 Å². The molecule has 2 rings (SSSR count). The van der Waals surface area contributed by atoms with E-state index in [9.17, 15) is 0 Å². The van der Waals surface area contributed by atoms with Gasteiger partial charge in [-0.3, -0.25) is 0 Å². The van der Waals surface area contributed by atoms with E-state index in [4.69, 9.17) is 0 Å². The van der Waals surface area contributed by atoms with Crippen LogP contribution in [0.5, 0.6) is 0 Å². The lowest BCUT2D eigenvalue weighted by Gasteiger charge is -2.09. The molecule has 20 heavy (non-hydrogen) atoms. The summed E-state index contributed by atoms with van der Waals surface area (Å²) in [7, 11) is 4.24. The molecule has 110 valence electrons. The zero-order valence-electron chi connectivity index (χ0n) is 13.2. The van der Waals surface area contributed by atoms with Gasteiger partial charge in [0.15, 0.2) is 0 Å². The lowest BCUT2D eigenvalue weighted by molar-refractivity contribution is 0.394. The summed E-state index contributed by atoms with van der Waals surface area (Å²) < 4.78 is 2.37. The van der Waals surface area contributed by atoms with E-state index in [0.29, 0.717) is 6.04 Å². The van der Waals surface area contributed by atoms with Gasteiger partial charge < -0.3 is 14.8 Å². The van der Waals surface area contributed by atoms with E-state index >= 15 is 0 Å². The second-order valence-electron chi connectivity index (χ2n) is 6.01. The minimum Gasteiger partial charge on any atom is -0.345 e. The highest BCUT2D eigenvalue weighted by molar-refractivity contribution is 5.84. The summed E-state index contributed by atoms with van der Waals surface area (Å²) >= 11 is 0. The number of para-hydroxylation sites is 1. The number of rotatable bonds is 7. The molecule has 0 aliphatic rings. The van der Waals surface area contributed by atoms with E-state index in [1.54, 1.807) is 0 Å². The molecule has 0 bridgehead atoms. The van der Waals surface area contributed by atoms with Crippen molar-refractivity contribution in [2.45, 2.75) is 32.9 Å². The zero-order chi connectivity index (χ0) is 14.5. The van der Waals surface area contributed by atoms with Crippen LogP contribution >= 0.6 is 0 Å². The van der Waals surface area contributed by atoms with Gasteiger partial charge in [0.25, 0.3) is 0 Å². The van der Waals surface area contributed by atoms with Crippen molar-refractivity contribution in [1.29, 1.82) is 0 Å². The molecule has 0 spiro atoms. The lowest BCUT2D eigenvalue weighted by Crippen LogP contribution is -2.20. The fourth-order valence-electron chi connectivity index (χ4n) is 2.59. The van der Waals surface area contributed by atoms with Crippen molar-refractivity contribution in [2.75, 3.05) is 27.2 Å². The molecule has 0 atom stereocenters. The average Bonchev–Trinajstić information content (AvgIpc) is 2.77. The van der Waals surface area contributed by atoms with Gasteiger partial charge in [-0.2, -0.15) is 0 Å². The van der Waals surface area contributed by atoms with Crippen molar-refractivity contribution in [1.82, 2.24) is 14.8 Å². The van der Waals surface area contributed by atoms with Gasteiger partial charge in [-0.1, -0.05) is 18.2 Å². The summed E-state index contributed by atoms with van der Waals surface area (Å²) in [5.74, 6) is 0. The topological polar surface area (TPSA) is 20.2 Å². The first-order chi connectivity index (χ1) is 9.59. The van der Waals surface area contributed by atoms with Crippen LogP contribution in [0.1, 0.15) is 31.9 Å². The second-order valence-corrected chi connectivity index (χ2v) is 6.01. The highest BCUT2D eigenvalue weighted by atomic mass is 15.1. The van der Waals surface area contributed by atoms with Crippen LogP contribution in [0, 0.1) is 0 Å². The van der Waals surface area contributed by atoms with E-state index < -0.39 is 0 Å². The van der Waals surface area contributed by atoms with Gasteiger partial charge in [0.1, 0.15) is 0 Å². The SMILES string of the molecule is CC(C)n1cc(CNCCCN(C)C)c2ccccc21. The Morgan fingerprint density at radius 1 is 1.20 bits per heavy atom. The lowest BCUT2D eigenvalue weighted by atomic mass is 10.2. The summed E-state index contributed by atoms with van der Waals surface area (Å²) in [5.41, 5.74) is 2.74. The average molecular weight is 273 g/mol. The number of nitrogens with zero attached hydrogens (tertiary/aromatic N) is 2. The predicted molar refractivity (Wildman–Crippen MR) is 87.2 cm³/mol. The number of aromatic nitrogens is 1. The molecule has 3 heteroatoms. The highest BCUT2D eigenvalue weighted by Gasteiger charge is 2.09. The third-order valence-electron chi connectivity index (χ3n) is 3.65. The van der Waals surface area contributed by atoms with E-state index in [1.807, 2.05) is 0 Å². The number of hydrogen-bond acceptors (Lipinski definition) is 2. The standard InChI is InChI=1S/C17H27N3/c1-14(2)20-13-15(12-18-10-7-11-19(3)4)16-8-5-6-9-17(16)20/h5-6,8-9,13-14,18H,7,10-12H2,1-4H3. The molecular weight excluding hydrogens is 246 g/mol. The minimum absolute atomic E-state index is 0.502. The van der Waals surface area contributed by atoms with Crippen LogP contribution in [0.4, 0.5) is 0 Å². The summed E-state index contributed by atoms with van der Waals surface area (Å²) in [6.45, 7) is 7.63. The molecule has 2 aromatic rings. The fraction of sp³-hybridized carbons (Fsp3) is 0.529. The van der Waals surface area contributed by atoms with Gasteiger partial charge in [0, 0.05) is 29.7 Å². The summed E-state index contributed by atoms with van der Waals surface area (Å²) in [4.78, 5) is 2.23. The Morgan fingerprint density at radius 2 is 1.95 bits per heavy atom. The molecule has 0 saturated heterocycles. The van der Waals surface area contributed by atoms with Crippen LogP contribution < -0.4 is 5.32 Å². The maximum absolute atomic E-state index is 3.56. The Morgan fingerprint density at radius 3 is 2.65 bits per heavy atom. The maximum atomic E-state index is 3.56. The first-order valence-electron chi connectivity index (χ1n) is 7.53. The third kappa shape index (κ3) is 3.62. The Hall–Kier alpha value is -1.32. The van der Waals surface area contributed by atoms with Crippen molar-refractivity contribution >= 4 is 10.9 Å².